The number of aliphatic hydroxyl groups is 1. The normalized spacial score (nSPS) is 26.0. The van der Waals surface area contributed by atoms with Gasteiger partial charge in [-0.15, -0.1) is 0 Å². The molecule has 5 rings (SSSR count). The molecule has 4 N–H and O–H groups in total. The van der Waals surface area contributed by atoms with Gasteiger partial charge in [0.1, 0.15) is 5.92 Å². The van der Waals surface area contributed by atoms with Crippen LogP contribution in [-0.2, 0) is 27.2 Å². The van der Waals surface area contributed by atoms with Crippen molar-refractivity contribution >= 4 is 11.8 Å². The Bertz CT molecular complexity index is 1070. The summed E-state index contributed by atoms with van der Waals surface area (Å²) in [6, 6.07) is 14.2. The Morgan fingerprint density at radius 3 is 2.43 bits per heavy atom. The summed E-state index contributed by atoms with van der Waals surface area (Å²) in [6.07, 6.45) is 2.28. The van der Waals surface area contributed by atoms with Crippen LogP contribution in [-0.4, -0.2) is 65.6 Å². The maximum Gasteiger partial charge on any atom is 0.248 e. The molecule has 0 aromatic heterocycles. The number of nitrogens with one attached hydrogen (secondary N) is 1. The van der Waals surface area contributed by atoms with Crippen molar-refractivity contribution in [3.8, 4) is 0 Å². The smallest absolute Gasteiger partial charge is 0.248 e. The Morgan fingerprint density at radius 2 is 1.80 bits per heavy atom. The van der Waals surface area contributed by atoms with Gasteiger partial charge >= 0.3 is 0 Å². The molecule has 5 atom stereocenters. The number of ether oxygens (including phenoxy) is 2. The summed E-state index contributed by atoms with van der Waals surface area (Å²) in [5, 5.41) is 15.7. The van der Waals surface area contributed by atoms with E-state index in [1.54, 1.807) is 24.3 Å². The van der Waals surface area contributed by atoms with Gasteiger partial charge in [-0.25, -0.2) is 0 Å². The maximum atomic E-state index is 14.3. The minimum absolute atomic E-state index is 0.0143. The largest absolute Gasteiger partial charge is 0.377 e. The number of amides is 2. The molecule has 0 aliphatic carbocycles. The van der Waals surface area contributed by atoms with E-state index in [2.05, 4.69) is 17.4 Å². The lowest BCUT2D eigenvalue weighted by molar-refractivity contribution is -0.238. The Labute approximate surface area is 205 Å². The molecule has 186 valence electrons. The Morgan fingerprint density at radius 1 is 1.14 bits per heavy atom. The summed E-state index contributed by atoms with van der Waals surface area (Å²) in [7, 11) is 0. The zero-order chi connectivity index (χ0) is 24.6. The average molecular weight is 480 g/mol. The number of carbonyl (C=O) groups is 2. The summed E-state index contributed by atoms with van der Waals surface area (Å²) >= 11 is 0. The molecule has 0 radical (unpaired) electrons. The molecular formula is C27H33N3O5. The molecule has 3 aliphatic rings. The third-order valence-corrected chi connectivity index (χ3v) is 7.64. The number of nitrogens with zero attached hydrogens (tertiary/aromatic N) is 1. The van der Waals surface area contributed by atoms with Gasteiger partial charge in [0, 0.05) is 18.7 Å². The number of benzene rings is 2. The van der Waals surface area contributed by atoms with Crippen molar-refractivity contribution in [2.45, 2.75) is 62.6 Å². The number of nitrogens with two attached hydrogens (primary N) is 1. The second-order valence-electron chi connectivity index (χ2n) is 9.68. The number of primary amides is 1. The number of hydrogen-bond acceptors (Lipinski definition) is 6. The molecule has 8 nitrogen and oxygen atoms in total. The van der Waals surface area contributed by atoms with E-state index in [0.717, 1.165) is 18.4 Å². The summed E-state index contributed by atoms with van der Waals surface area (Å²) in [5.74, 6) is -3.53. The highest BCUT2D eigenvalue weighted by Crippen LogP contribution is 2.40. The summed E-state index contributed by atoms with van der Waals surface area (Å²) in [4.78, 5) is 27.9. The molecule has 2 aromatic rings. The fraction of sp³-hybridized carbons (Fsp3) is 0.481. The van der Waals surface area contributed by atoms with Crippen LogP contribution in [0.15, 0.2) is 48.5 Å². The van der Waals surface area contributed by atoms with Crippen LogP contribution in [0, 0.1) is 0 Å². The highest BCUT2D eigenvalue weighted by molar-refractivity contribution is 5.93. The molecule has 8 heteroatoms. The lowest BCUT2D eigenvalue weighted by atomic mass is 9.79. The zero-order valence-electron chi connectivity index (χ0n) is 20.0. The molecule has 0 spiro atoms. The van der Waals surface area contributed by atoms with Gasteiger partial charge in [-0.2, -0.15) is 0 Å². The van der Waals surface area contributed by atoms with Gasteiger partial charge in [0.2, 0.25) is 11.8 Å². The van der Waals surface area contributed by atoms with Crippen molar-refractivity contribution in [1.29, 1.82) is 0 Å². The SMILES string of the molecule is CCO[C@](O)(C(C(=O)N1C2CCC1COC2)c1ccc(C(N)=O)cc1)[C@@H]1Cc2ccccc2CN1. The van der Waals surface area contributed by atoms with Gasteiger partial charge in [0.05, 0.1) is 31.3 Å². The van der Waals surface area contributed by atoms with Crippen LogP contribution in [0.3, 0.4) is 0 Å². The summed E-state index contributed by atoms with van der Waals surface area (Å²) in [6.45, 7) is 3.61. The van der Waals surface area contributed by atoms with Crippen molar-refractivity contribution in [3.63, 3.8) is 0 Å². The topological polar surface area (TPSA) is 114 Å². The maximum absolute atomic E-state index is 14.3. The number of rotatable bonds is 7. The monoisotopic (exact) mass is 479 g/mol. The van der Waals surface area contributed by atoms with Crippen molar-refractivity contribution in [2.75, 3.05) is 19.8 Å². The predicted octanol–water partition coefficient (Wildman–Crippen LogP) is 1.70. The first-order valence-electron chi connectivity index (χ1n) is 12.4. The van der Waals surface area contributed by atoms with E-state index in [4.69, 9.17) is 15.2 Å². The van der Waals surface area contributed by atoms with Gasteiger partial charge in [0.15, 0.2) is 5.79 Å². The highest BCUT2D eigenvalue weighted by atomic mass is 16.6. The number of carbonyl (C=O) groups excluding carboxylic acids is 2. The van der Waals surface area contributed by atoms with Crippen LogP contribution in [0.25, 0.3) is 0 Å². The minimum Gasteiger partial charge on any atom is -0.377 e. The molecule has 2 fully saturated rings. The third-order valence-electron chi connectivity index (χ3n) is 7.64. The highest BCUT2D eigenvalue weighted by Gasteiger charge is 2.54. The zero-order valence-corrected chi connectivity index (χ0v) is 20.0. The second-order valence-corrected chi connectivity index (χ2v) is 9.68. The quantitative estimate of drug-likeness (QED) is 0.521. The van der Waals surface area contributed by atoms with Gasteiger partial charge in [-0.05, 0) is 55.0 Å². The molecule has 2 aromatic carbocycles. The van der Waals surface area contributed by atoms with Crippen LogP contribution in [0.4, 0.5) is 0 Å². The van der Waals surface area contributed by atoms with Gasteiger partial charge < -0.3 is 30.5 Å². The van der Waals surface area contributed by atoms with Crippen LogP contribution in [0.2, 0.25) is 0 Å². The van der Waals surface area contributed by atoms with Crippen molar-refractivity contribution in [1.82, 2.24) is 10.2 Å². The molecule has 2 bridgehead atoms. The molecule has 0 saturated carbocycles. The molecule has 2 amide bonds. The van der Waals surface area contributed by atoms with Crippen LogP contribution in [0.1, 0.15) is 52.7 Å². The molecule has 2 saturated heterocycles. The number of morpholine rings is 1. The summed E-state index contributed by atoms with van der Waals surface area (Å²) in [5.41, 5.74) is 8.66. The van der Waals surface area contributed by atoms with Crippen LogP contribution < -0.4 is 11.1 Å². The fourth-order valence-corrected chi connectivity index (χ4v) is 5.90. The average Bonchev–Trinajstić information content (AvgIpc) is 3.12. The van der Waals surface area contributed by atoms with Crippen molar-refractivity contribution < 1.29 is 24.2 Å². The van der Waals surface area contributed by atoms with Crippen LogP contribution >= 0.6 is 0 Å². The number of fused-ring (bicyclic) bond motifs is 3. The number of hydrogen-bond donors (Lipinski definition) is 3. The lowest BCUT2D eigenvalue weighted by Crippen LogP contribution is -2.63. The van der Waals surface area contributed by atoms with Crippen LogP contribution in [0.5, 0.6) is 0 Å². The van der Waals surface area contributed by atoms with Gasteiger partial charge in [-0.3, -0.25) is 9.59 Å². The van der Waals surface area contributed by atoms with E-state index in [9.17, 15) is 14.7 Å². The van der Waals surface area contributed by atoms with E-state index in [-0.39, 0.29) is 24.6 Å². The summed E-state index contributed by atoms with van der Waals surface area (Å²) < 4.78 is 11.8. The van der Waals surface area contributed by atoms with Crippen molar-refractivity contribution in [3.05, 3.63) is 70.8 Å². The van der Waals surface area contributed by atoms with E-state index >= 15 is 0 Å². The molecule has 3 unspecified atom stereocenters. The molecule has 35 heavy (non-hydrogen) atoms. The molecular weight excluding hydrogens is 446 g/mol. The van der Waals surface area contributed by atoms with Gasteiger partial charge in [-0.1, -0.05) is 36.4 Å². The molecule has 3 aliphatic heterocycles. The third kappa shape index (κ3) is 4.36. The van der Waals surface area contributed by atoms with E-state index < -0.39 is 23.7 Å². The molecule has 3 heterocycles. The first kappa shape index (κ1) is 23.9. The van der Waals surface area contributed by atoms with Crippen molar-refractivity contribution in [2.24, 2.45) is 5.73 Å². The minimum atomic E-state index is -1.81. The first-order valence-corrected chi connectivity index (χ1v) is 12.4. The Hall–Kier alpha value is -2.78. The van der Waals surface area contributed by atoms with E-state index in [0.29, 0.717) is 37.3 Å². The Balaban J connectivity index is 1.57. The van der Waals surface area contributed by atoms with E-state index in [1.165, 1.54) is 5.56 Å². The lowest BCUT2D eigenvalue weighted by Gasteiger charge is -2.46. The van der Waals surface area contributed by atoms with Gasteiger partial charge in [0.25, 0.3) is 0 Å². The Kier molecular flexibility index (Phi) is 6.63. The second kappa shape index (κ2) is 9.70. The predicted molar refractivity (Wildman–Crippen MR) is 130 cm³/mol. The standard InChI is InChI=1S/C27H33N3O5/c1-2-35-27(33,23-13-19-5-3-4-6-20(19)14-29-23)24(17-7-9-18(10-8-17)25(28)31)26(32)30-21-11-12-22(30)16-34-15-21/h3-10,21-24,29,33H,2,11-16H2,1H3,(H2,28,31)/t21?,22?,23-,24?,27-/m0/s1. The fourth-order valence-electron chi connectivity index (χ4n) is 5.90. The first-order chi connectivity index (χ1) is 16.9. The van der Waals surface area contributed by atoms with E-state index in [1.807, 2.05) is 24.0 Å².